The molecule has 0 amide bonds. The van der Waals surface area contributed by atoms with E-state index in [9.17, 15) is 4.39 Å². The van der Waals surface area contributed by atoms with Crippen molar-refractivity contribution in [2.45, 2.75) is 18.5 Å². The molecular weight excluding hydrogens is 263 g/mol. The number of thioether (sulfide) groups is 1. The molecule has 0 N–H and O–H groups in total. The summed E-state index contributed by atoms with van der Waals surface area (Å²) in [6.45, 7) is 0. The third-order valence-corrected chi connectivity index (χ3v) is 4.23. The lowest BCUT2D eigenvalue weighted by Gasteiger charge is -2.17. The van der Waals surface area contributed by atoms with E-state index in [1.807, 2.05) is 24.3 Å². The van der Waals surface area contributed by atoms with Gasteiger partial charge in [0.15, 0.2) is 0 Å². The van der Waals surface area contributed by atoms with Crippen LogP contribution >= 0.6 is 27.7 Å². The normalized spacial score (nSPS) is 26.7. The van der Waals surface area contributed by atoms with Crippen molar-refractivity contribution in [1.29, 1.82) is 0 Å². The van der Waals surface area contributed by atoms with E-state index in [0.717, 1.165) is 15.8 Å². The number of alkyl halides is 1. The molecule has 0 radical (unpaired) electrons. The molecule has 0 spiro atoms. The van der Waals surface area contributed by atoms with Gasteiger partial charge in [0, 0.05) is 16.6 Å². The number of hydrogen-bond acceptors (Lipinski definition) is 1. The second-order valence-corrected chi connectivity index (χ2v) is 5.78. The van der Waals surface area contributed by atoms with Crippen molar-refractivity contribution in [1.82, 2.24) is 0 Å². The van der Waals surface area contributed by atoms with Crippen molar-refractivity contribution in [2.24, 2.45) is 0 Å². The summed E-state index contributed by atoms with van der Waals surface area (Å²) in [7, 11) is 0. The third-order valence-electron chi connectivity index (χ3n) is 2.49. The summed E-state index contributed by atoms with van der Waals surface area (Å²) in [6.07, 6.45) is 1.26. The smallest absolute Gasteiger partial charge is 0.124 e. The van der Waals surface area contributed by atoms with E-state index in [1.54, 1.807) is 11.8 Å². The van der Waals surface area contributed by atoms with Gasteiger partial charge in [-0.2, -0.15) is 11.8 Å². The van der Waals surface area contributed by atoms with Crippen LogP contribution in [0.15, 0.2) is 28.7 Å². The molecule has 1 heterocycles. The van der Waals surface area contributed by atoms with E-state index in [2.05, 4.69) is 15.9 Å². The minimum atomic E-state index is -0.960. The molecular formula is C11H12BrFS. The molecule has 0 aromatic heterocycles. The summed E-state index contributed by atoms with van der Waals surface area (Å²) >= 11 is 5.09. The minimum absolute atomic E-state index is 0.563. The number of hydrogen-bond donors (Lipinski definition) is 0. The Morgan fingerprint density at radius 3 is 2.64 bits per heavy atom. The fraction of sp³-hybridized carbons (Fsp3) is 0.455. The third kappa shape index (κ3) is 2.51. The lowest BCUT2D eigenvalue weighted by molar-refractivity contribution is 0.199. The largest absolute Gasteiger partial charge is 0.243 e. The van der Waals surface area contributed by atoms with E-state index in [4.69, 9.17) is 0 Å². The Labute approximate surface area is 96.4 Å². The first-order valence-electron chi connectivity index (χ1n) is 4.69. The highest BCUT2D eigenvalue weighted by Crippen LogP contribution is 2.34. The molecule has 3 heteroatoms. The lowest BCUT2D eigenvalue weighted by atomic mass is 9.96. The first-order chi connectivity index (χ1) is 6.68. The average molecular weight is 275 g/mol. The topological polar surface area (TPSA) is 0 Å². The Morgan fingerprint density at radius 1 is 1.36 bits per heavy atom. The molecule has 1 fully saturated rings. The van der Waals surface area contributed by atoms with Crippen LogP contribution in [0.25, 0.3) is 0 Å². The van der Waals surface area contributed by atoms with E-state index < -0.39 is 5.67 Å². The van der Waals surface area contributed by atoms with Gasteiger partial charge in [0.1, 0.15) is 5.67 Å². The maximum absolute atomic E-state index is 14.1. The highest BCUT2D eigenvalue weighted by atomic mass is 79.9. The van der Waals surface area contributed by atoms with Gasteiger partial charge in [-0.25, -0.2) is 4.39 Å². The van der Waals surface area contributed by atoms with Gasteiger partial charge in [-0.15, -0.1) is 0 Å². The van der Waals surface area contributed by atoms with E-state index in [-0.39, 0.29) is 0 Å². The maximum Gasteiger partial charge on any atom is 0.124 e. The van der Waals surface area contributed by atoms with Gasteiger partial charge < -0.3 is 0 Å². The molecule has 1 atom stereocenters. The molecule has 2 rings (SSSR count). The first-order valence-corrected chi connectivity index (χ1v) is 6.64. The van der Waals surface area contributed by atoms with Gasteiger partial charge in [0.2, 0.25) is 0 Å². The van der Waals surface area contributed by atoms with Crippen molar-refractivity contribution < 1.29 is 4.39 Å². The quantitative estimate of drug-likeness (QED) is 0.790. The van der Waals surface area contributed by atoms with Crippen LogP contribution in [0.4, 0.5) is 4.39 Å². The summed E-state index contributed by atoms with van der Waals surface area (Å²) in [5.41, 5.74) is 0.136. The van der Waals surface area contributed by atoms with Crippen LogP contribution in [0, 0.1) is 0 Å². The Hall–Kier alpha value is -0.0200. The Balaban J connectivity index is 2.06. The van der Waals surface area contributed by atoms with Crippen molar-refractivity contribution in [3.63, 3.8) is 0 Å². The molecule has 0 saturated carbocycles. The number of halogens is 2. The lowest BCUT2D eigenvalue weighted by Crippen LogP contribution is -2.24. The van der Waals surface area contributed by atoms with Crippen LogP contribution in [0.5, 0.6) is 0 Å². The zero-order valence-electron chi connectivity index (χ0n) is 7.80. The average Bonchev–Trinajstić information content (AvgIpc) is 2.57. The molecule has 1 unspecified atom stereocenters. The minimum Gasteiger partial charge on any atom is -0.243 e. The van der Waals surface area contributed by atoms with Gasteiger partial charge in [0.25, 0.3) is 0 Å². The van der Waals surface area contributed by atoms with Gasteiger partial charge in [-0.1, -0.05) is 28.1 Å². The van der Waals surface area contributed by atoms with Crippen LogP contribution < -0.4 is 0 Å². The predicted octanol–water partition coefficient (Wildman–Crippen LogP) is 3.84. The van der Waals surface area contributed by atoms with Crippen LogP contribution in [0.1, 0.15) is 12.0 Å². The van der Waals surface area contributed by atoms with E-state index in [1.165, 1.54) is 0 Å². The van der Waals surface area contributed by atoms with E-state index >= 15 is 0 Å². The van der Waals surface area contributed by atoms with Crippen molar-refractivity contribution >= 4 is 27.7 Å². The summed E-state index contributed by atoms with van der Waals surface area (Å²) < 4.78 is 15.1. The van der Waals surface area contributed by atoms with Crippen LogP contribution in [0.2, 0.25) is 0 Å². The Bertz CT molecular complexity index is 304. The molecule has 14 heavy (non-hydrogen) atoms. The van der Waals surface area contributed by atoms with Gasteiger partial charge in [0.05, 0.1) is 0 Å². The van der Waals surface area contributed by atoms with Crippen molar-refractivity contribution in [2.75, 3.05) is 11.5 Å². The monoisotopic (exact) mass is 274 g/mol. The molecule has 1 aromatic carbocycles. The van der Waals surface area contributed by atoms with E-state index in [0.29, 0.717) is 18.6 Å². The maximum atomic E-state index is 14.1. The van der Waals surface area contributed by atoms with Gasteiger partial charge in [-0.05, 0) is 29.9 Å². The SMILES string of the molecule is FC1(Cc2ccc(Br)cc2)CCSC1. The van der Waals surface area contributed by atoms with Crippen LogP contribution in [-0.4, -0.2) is 17.2 Å². The molecule has 1 aliphatic rings. The van der Waals surface area contributed by atoms with Crippen LogP contribution in [0.3, 0.4) is 0 Å². The molecule has 0 aliphatic carbocycles. The number of rotatable bonds is 2. The summed E-state index contributed by atoms with van der Waals surface area (Å²) in [6, 6.07) is 7.93. The molecule has 1 saturated heterocycles. The molecule has 76 valence electrons. The fourth-order valence-corrected chi connectivity index (χ4v) is 3.22. The number of benzene rings is 1. The second-order valence-electron chi connectivity index (χ2n) is 3.76. The summed E-state index contributed by atoms with van der Waals surface area (Å²) in [4.78, 5) is 0. The summed E-state index contributed by atoms with van der Waals surface area (Å²) in [5, 5.41) is 0. The van der Waals surface area contributed by atoms with Gasteiger partial charge >= 0.3 is 0 Å². The molecule has 0 nitrogen and oxygen atoms in total. The zero-order chi connectivity index (χ0) is 10.0. The van der Waals surface area contributed by atoms with Gasteiger partial charge in [-0.3, -0.25) is 0 Å². The Morgan fingerprint density at radius 2 is 2.07 bits per heavy atom. The predicted molar refractivity (Wildman–Crippen MR) is 63.6 cm³/mol. The fourth-order valence-electron chi connectivity index (χ4n) is 1.69. The first kappa shape index (κ1) is 10.5. The second kappa shape index (κ2) is 4.23. The van der Waals surface area contributed by atoms with Crippen molar-refractivity contribution in [3.8, 4) is 0 Å². The summed E-state index contributed by atoms with van der Waals surface area (Å²) in [5.74, 6) is 1.62. The standard InChI is InChI=1S/C11H12BrFS/c12-10-3-1-9(2-4-10)7-11(13)5-6-14-8-11/h1-4H,5-8H2. The Kier molecular flexibility index (Phi) is 3.17. The molecule has 1 aromatic rings. The molecule has 0 bridgehead atoms. The molecule has 1 aliphatic heterocycles. The highest BCUT2D eigenvalue weighted by Gasteiger charge is 2.34. The van der Waals surface area contributed by atoms with Crippen LogP contribution in [-0.2, 0) is 6.42 Å². The zero-order valence-corrected chi connectivity index (χ0v) is 10.2. The highest BCUT2D eigenvalue weighted by molar-refractivity contribution is 9.10. The van der Waals surface area contributed by atoms with Crippen molar-refractivity contribution in [3.05, 3.63) is 34.3 Å².